The molecule has 0 saturated heterocycles. The van der Waals surface area contributed by atoms with E-state index in [4.69, 9.17) is 4.74 Å². The molecule has 0 atom stereocenters. The van der Waals surface area contributed by atoms with Crippen LogP contribution in [-0.4, -0.2) is 50.6 Å². The Labute approximate surface area is 129 Å². The lowest BCUT2D eigenvalue weighted by Gasteiger charge is -2.28. The molecule has 2 N–H and O–H groups in total. The summed E-state index contributed by atoms with van der Waals surface area (Å²) in [5.74, 6) is -0.555. The molecule has 1 aliphatic carbocycles. The summed E-state index contributed by atoms with van der Waals surface area (Å²) >= 11 is 0. The number of ether oxygens (including phenoxy) is 3. The van der Waals surface area contributed by atoms with Crippen molar-refractivity contribution < 1.29 is 28.6 Å². The summed E-state index contributed by atoms with van der Waals surface area (Å²) in [5, 5.41) is 5.48. The Hall–Kier alpha value is -2.25. The highest BCUT2D eigenvalue weighted by molar-refractivity contribution is 5.81. The molecular formula is C14H22N2O6. The van der Waals surface area contributed by atoms with Gasteiger partial charge in [0.25, 0.3) is 0 Å². The Morgan fingerprint density at radius 2 is 1.50 bits per heavy atom. The van der Waals surface area contributed by atoms with Crippen LogP contribution in [0, 0.1) is 0 Å². The maximum atomic E-state index is 11.5. The molecule has 22 heavy (non-hydrogen) atoms. The van der Waals surface area contributed by atoms with Crippen molar-refractivity contribution in [2.75, 3.05) is 20.3 Å². The number of hydrogen-bond acceptors (Lipinski definition) is 6. The third kappa shape index (κ3) is 6.96. The average Bonchev–Trinajstić information content (AvgIpc) is 2.53. The molecular weight excluding hydrogens is 292 g/mol. The molecule has 0 aromatic heterocycles. The molecule has 1 fully saturated rings. The maximum Gasteiger partial charge on any atom is 0.407 e. The molecule has 0 heterocycles. The van der Waals surface area contributed by atoms with E-state index in [1.807, 2.05) is 0 Å². The molecule has 0 radical (unpaired) electrons. The van der Waals surface area contributed by atoms with Gasteiger partial charge in [0.15, 0.2) is 0 Å². The minimum Gasteiger partial charge on any atom is -0.459 e. The van der Waals surface area contributed by atoms with Crippen LogP contribution in [0.15, 0.2) is 12.7 Å². The van der Waals surface area contributed by atoms with Gasteiger partial charge in [0.2, 0.25) is 0 Å². The molecule has 1 aliphatic rings. The van der Waals surface area contributed by atoms with E-state index in [0.717, 1.165) is 31.8 Å². The summed E-state index contributed by atoms with van der Waals surface area (Å²) in [6.45, 7) is 3.24. The van der Waals surface area contributed by atoms with Crippen molar-refractivity contribution in [3.05, 3.63) is 12.7 Å². The van der Waals surface area contributed by atoms with Gasteiger partial charge in [-0.05, 0) is 25.7 Å². The fraction of sp³-hybridized carbons (Fsp3) is 0.643. The second-order valence-electron chi connectivity index (χ2n) is 4.84. The zero-order chi connectivity index (χ0) is 16.4. The number of carbonyl (C=O) groups excluding carboxylic acids is 3. The molecule has 0 spiro atoms. The van der Waals surface area contributed by atoms with E-state index in [1.54, 1.807) is 0 Å². The van der Waals surface area contributed by atoms with Crippen molar-refractivity contribution in [1.29, 1.82) is 0 Å². The van der Waals surface area contributed by atoms with Crippen molar-refractivity contribution >= 4 is 18.2 Å². The van der Waals surface area contributed by atoms with Gasteiger partial charge in [0.05, 0.1) is 7.11 Å². The summed E-state index contributed by atoms with van der Waals surface area (Å²) in [7, 11) is 1.32. The predicted octanol–water partition coefficient (Wildman–Crippen LogP) is 1.11. The Balaban J connectivity index is 2.12. The van der Waals surface area contributed by atoms with Crippen molar-refractivity contribution in [2.45, 2.75) is 37.8 Å². The molecule has 2 amide bonds. The van der Waals surface area contributed by atoms with E-state index >= 15 is 0 Å². The van der Waals surface area contributed by atoms with Crippen LogP contribution >= 0.6 is 0 Å². The van der Waals surface area contributed by atoms with Crippen LogP contribution in [0.2, 0.25) is 0 Å². The van der Waals surface area contributed by atoms with Crippen molar-refractivity contribution in [1.82, 2.24) is 10.6 Å². The number of esters is 1. The summed E-state index contributed by atoms with van der Waals surface area (Å²) in [5.41, 5.74) is 0. The van der Waals surface area contributed by atoms with E-state index in [2.05, 4.69) is 26.7 Å². The lowest BCUT2D eigenvalue weighted by Crippen LogP contribution is -2.44. The van der Waals surface area contributed by atoms with Gasteiger partial charge in [-0.3, -0.25) is 0 Å². The van der Waals surface area contributed by atoms with E-state index in [9.17, 15) is 14.4 Å². The smallest absolute Gasteiger partial charge is 0.407 e. The molecule has 1 saturated carbocycles. The van der Waals surface area contributed by atoms with Gasteiger partial charge < -0.3 is 24.8 Å². The normalized spacial score (nSPS) is 20.4. The standard InChI is InChI=1S/C14H22N2O6/c1-3-12(17)21-8-9-22-14(19)16-11-6-4-10(5-7-11)15-13(18)20-2/h3,10-11H,1,4-9H2,2H3,(H,15,18)(H,16,19). The third-order valence-corrected chi connectivity index (χ3v) is 3.28. The highest BCUT2D eigenvalue weighted by atomic mass is 16.6. The van der Waals surface area contributed by atoms with Crippen LogP contribution < -0.4 is 10.6 Å². The number of alkyl carbamates (subject to hydrolysis) is 2. The van der Waals surface area contributed by atoms with Crippen molar-refractivity contribution in [2.24, 2.45) is 0 Å². The van der Waals surface area contributed by atoms with E-state index in [-0.39, 0.29) is 25.3 Å². The zero-order valence-corrected chi connectivity index (χ0v) is 12.6. The monoisotopic (exact) mass is 314 g/mol. The van der Waals surface area contributed by atoms with E-state index in [0.29, 0.717) is 0 Å². The fourth-order valence-electron chi connectivity index (χ4n) is 2.15. The summed E-state index contributed by atoms with van der Waals surface area (Å²) in [6, 6.07) is 0.0822. The van der Waals surface area contributed by atoms with Crippen LogP contribution in [0.4, 0.5) is 9.59 Å². The highest BCUT2D eigenvalue weighted by Gasteiger charge is 2.24. The second-order valence-corrected chi connectivity index (χ2v) is 4.84. The molecule has 1 rings (SSSR count). The predicted molar refractivity (Wildman–Crippen MR) is 77.2 cm³/mol. The molecule has 8 heteroatoms. The maximum absolute atomic E-state index is 11.5. The Kier molecular flexibility index (Phi) is 7.80. The van der Waals surface area contributed by atoms with E-state index in [1.165, 1.54) is 7.11 Å². The summed E-state index contributed by atoms with van der Waals surface area (Å²) < 4.78 is 14.1. The first-order valence-corrected chi connectivity index (χ1v) is 7.12. The van der Waals surface area contributed by atoms with Gasteiger partial charge in [-0.25, -0.2) is 14.4 Å². The Morgan fingerprint density at radius 3 is 2.00 bits per heavy atom. The Bertz CT molecular complexity index is 404. The van der Waals surface area contributed by atoms with Crippen LogP contribution in [0.5, 0.6) is 0 Å². The first kappa shape index (κ1) is 17.8. The van der Waals surface area contributed by atoms with Gasteiger partial charge >= 0.3 is 18.2 Å². The van der Waals surface area contributed by atoms with Crippen molar-refractivity contribution in [3.8, 4) is 0 Å². The molecule has 0 aliphatic heterocycles. The molecule has 0 bridgehead atoms. The fourth-order valence-corrected chi connectivity index (χ4v) is 2.15. The van der Waals surface area contributed by atoms with Crippen LogP contribution in [-0.2, 0) is 19.0 Å². The van der Waals surface area contributed by atoms with Gasteiger partial charge in [-0.1, -0.05) is 6.58 Å². The topological polar surface area (TPSA) is 103 Å². The summed E-state index contributed by atoms with van der Waals surface area (Å²) in [6.07, 6.45) is 3.07. The van der Waals surface area contributed by atoms with Crippen LogP contribution in [0.1, 0.15) is 25.7 Å². The van der Waals surface area contributed by atoms with Crippen LogP contribution in [0.25, 0.3) is 0 Å². The third-order valence-electron chi connectivity index (χ3n) is 3.28. The molecule has 0 aromatic carbocycles. The molecule has 8 nitrogen and oxygen atoms in total. The number of rotatable bonds is 6. The highest BCUT2D eigenvalue weighted by Crippen LogP contribution is 2.18. The molecule has 0 aromatic rings. The van der Waals surface area contributed by atoms with Gasteiger partial charge in [-0.2, -0.15) is 0 Å². The number of amides is 2. The molecule has 124 valence electrons. The lowest BCUT2D eigenvalue weighted by molar-refractivity contribution is -0.138. The summed E-state index contributed by atoms with van der Waals surface area (Å²) in [4.78, 5) is 33.4. The van der Waals surface area contributed by atoms with Gasteiger partial charge in [0.1, 0.15) is 13.2 Å². The minimum atomic E-state index is -0.555. The number of carbonyl (C=O) groups is 3. The van der Waals surface area contributed by atoms with Crippen molar-refractivity contribution in [3.63, 3.8) is 0 Å². The second kappa shape index (κ2) is 9.64. The number of hydrogen-bond donors (Lipinski definition) is 2. The Morgan fingerprint density at radius 1 is 1.00 bits per heavy atom. The first-order valence-electron chi connectivity index (χ1n) is 7.12. The zero-order valence-electron chi connectivity index (χ0n) is 12.6. The number of nitrogens with one attached hydrogen (secondary N) is 2. The largest absolute Gasteiger partial charge is 0.459 e. The minimum absolute atomic E-state index is 0.00589. The SMILES string of the molecule is C=CC(=O)OCCOC(=O)NC1CCC(NC(=O)OC)CC1. The molecule has 0 unspecified atom stereocenters. The number of methoxy groups -OCH3 is 1. The van der Waals surface area contributed by atoms with Gasteiger partial charge in [0, 0.05) is 18.2 Å². The van der Waals surface area contributed by atoms with E-state index < -0.39 is 18.2 Å². The first-order chi connectivity index (χ1) is 10.5. The van der Waals surface area contributed by atoms with Gasteiger partial charge in [-0.15, -0.1) is 0 Å². The average molecular weight is 314 g/mol. The van der Waals surface area contributed by atoms with Crippen LogP contribution in [0.3, 0.4) is 0 Å². The quantitative estimate of drug-likeness (QED) is 0.329. The lowest BCUT2D eigenvalue weighted by atomic mass is 9.91.